The molecule has 2 atom stereocenters. The Labute approximate surface area is 67.6 Å². The summed E-state index contributed by atoms with van der Waals surface area (Å²) >= 11 is 0. The van der Waals surface area contributed by atoms with E-state index in [9.17, 15) is 4.79 Å². The van der Waals surface area contributed by atoms with Crippen LogP contribution in [-0.4, -0.2) is 17.1 Å². The minimum absolute atomic E-state index is 0.391. The highest BCUT2D eigenvalue weighted by molar-refractivity contribution is 5.77. The molecule has 0 heterocycles. The highest BCUT2D eigenvalue weighted by atomic mass is 16.3. The van der Waals surface area contributed by atoms with Gasteiger partial charge in [0, 0.05) is 0 Å². The van der Waals surface area contributed by atoms with Crippen molar-refractivity contribution in [3.8, 4) is 0 Å². The van der Waals surface area contributed by atoms with Gasteiger partial charge in [-0.25, -0.2) is 0 Å². The average Bonchev–Trinajstić information content (AvgIpc) is 1.81. The van der Waals surface area contributed by atoms with E-state index in [0.717, 1.165) is 0 Å². The van der Waals surface area contributed by atoms with Crippen molar-refractivity contribution >= 4 is 5.91 Å². The predicted octanol–water partition coefficient (Wildman–Crippen LogP) is 0.515. The molecule has 66 valence electrons. The normalized spacial score (nSPS) is 16.5. The third-order valence-corrected chi connectivity index (χ3v) is 1.67. The molecule has 11 heavy (non-hydrogen) atoms. The van der Waals surface area contributed by atoms with Crippen molar-refractivity contribution in [1.29, 1.82) is 0 Å². The number of nitrogens with two attached hydrogens (primary N) is 1. The number of hydrogen-bond acceptors (Lipinski definition) is 2. The van der Waals surface area contributed by atoms with Crippen LogP contribution in [-0.2, 0) is 4.79 Å². The zero-order valence-corrected chi connectivity index (χ0v) is 7.37. The van der Waals surface area contributed by atoms with Gasteiger partial charge in [-0.05, 0) is 19.3 Å². The SMILES string of the molecule is CC(C)CC(C(N)=O)[C@@H](C)O. The van der Waals surface area contributed by atoms with Crippen molar-refractivity contribution in [2.45, 2.75) is 33.3 Å². The summed E-state index contributed by atoms with van der Waals surface area (Å²) in [6.45, 7) is 5.59. The number of aliphatic hydroxyl groups is 1. The lowest BCUT2D eigenvalue weighted by Crippen LogP contribution is -2.32. The van der Waals surface area contributed by atoms with Gasteiger partial charge in [-0.15, -0.1) is 0 Å². The van der Waals surface area contributed by atoms with Gasteiger partial charge in [0.25, 0.3) is 0 Å². The fourth-order valence-corrected chi connectivity index (χ4v) is 1.06. The zero-order chi connectivity index (χ0) is 9.02. The lowest BCUT2D eigenvalue weighted by molar-refractivity contribution is -0.125. The van der Waals surface area contributed by atoms with Gasteiger partial charge in [0.05, 0.1) is 12.0 Å². The van der Waals surface area contributed by atoms with Gasteiger partial charge in [0.1, 0.15) is 0 Å². The zero-order valence-electron chi connectivity index (χ0n) is 7.37. The molecule has 0 aromatic rings. The van der Waals surface area contributed by atoms with Crippen molar-refractivity contribution in [1.82, 2.24) is 0 Å². The standard InChI is InChI=1S/C8H17NO2/c1-5(2)4-7(6(3)10)8(9)11/h5-7,10H,4H2,1-3H3,(H2,9,11)/t6-,7?/m1/s1. The van der Waals surface area contributed by atoms with Crippen LogP contribution in [0.15, 0.2) is 0 Å². The fourth-order valence-electron chi connectivity index (χ4n) is 1.06. The van der Waals surface area contributed by atoms with Crippen LogP contribution in [0.2, 0.25) is 0 Å². The van der Waals surface area contributed by atoms with E-state index in [4.69, 9.17) is 10.8 Å². The lowest BCUT2D eigenvalue weighted by Gasteiger charge is -2.17. The second-order valence-electron chi connectivity index (χ2n) is 3.38. The number of carbonyl (C=O) groups is 1. The molecule has 0 fully saturated rings. The van der Waals surface area contributed by atoms with Gasteiger partial charge in [-0.1, -0.05) is 13.8 Å². The van der Waals surface area contributed by atoms with Crippen LogP contribution in [0.25, 0.3) is 0 Å². The molecular formula is C8H17NO2. The summed E-state index contributed by atoms with van der Waals surface area (Å²) in [7, 11) is 0. The van der Waals surface area contributed by atoms with Gasteiger partial charge in [0.2, 0.25) is 5.91 Å². The molecule has 3 nitrogen and oxygen atoms in total. The summed E-state index contributed by atoms with van der Waals surface area (Å²) in [5, 5.41) is 9.13. The quantitative estimate of drug-likeness (QED) is 0.628. The van der Waals surface area contributed by atoms with Gasteiger partial charge < -0.3 is 10.8 Å². The van der Waals surface area contributed by atoms with Crippen LogP contribution in [0.4, 0.5) is 0 Å². The minimum Gasteiger partial charge on any atom is -0.393 e. The number of amides is 1. The van der Waals surface area contributed by atoms with E-state index in [1.165, 1.54) is 0 Å². The summed E-state index contributed by atoms with van der Waals surface area (Å²) in [5.41, 5.74) is 5.09. The number of hydrogen-bond donors (Lipinski definition) is 2. The Morgan fingerprint density at radius 3 is 2.00 bits per heavy atom. The molecule has 0 aliphatic carbocycles. The second-order valence-corrected chi connectivity index (χ2v) is 3.38. The molecule has 0 aromatic carbocycles. The predicted molar refractivity (Wildman–Crippen MR) is 43.8 cm³/mol. The van der Waals surface area contributed by atoms with Gasteiger partial charge >= 0.3 is 0 Å². The molecule has 3 N–H and O–H groups in total. The molecular weight excluding hydrogens is 142 g/mol. The molecule has 0 bridgehead atoms. The Morgan fingerprint density at radius 1 is 1.45 bits per heavy atom. The number of carbonyl (C=O) groups excluding carboxylic acids is 1. The maximum Gasteiger partial charge on any atom is 0.223 e. The van der Waals surface area contributed by atoms with Gasteiger partial charge in [0.15, 0.2) is 0 Å². The largest absolute Gasteiger partial charge is 0.393 e. The van der Waals surface area contributed by atoms with Crippen LogP contribution >= 0.6 is 0 Å². The van der Waals surface area contributed by atoms with E-state index < -0.39 is 17.9 Å². The molecule has 0 saturated heterocycles. The van der Waals surface area contributed by atoms with Crippen LogP contribution in [0, 0.1) is 11.8 Å². The van der Waals surface area contributed by atoms with Crippen molar-refractivity contribution in [2.75, 3.05) is 0 Å². The average molecular weight is 159 g/mol. The molecule has 0 aliphatic rings. The number of aliphatic hydroxyl groups excluding tert-OH is 1. The molecule has 0 radical (unpaired) electrons. The maximum absolute atomic E-state index is 10.7. The summed E-state index contributed by atoms with van der Waals surface area (Å²) in [5.74, 6) is -0.411. The topological polar surface area (TPSA) is 63.3 Å². The highest BCUT2D eigenvalue weighted by Crippen LogP contribution is 2.14. The Hall–Kier alpha value is -0.570. The molecule has 0 saturated carbocycles. The third kappa shape index (κ3) is 3.98. The first-order valence-corrected chi connectivity index (χ1v) is 3.92. The number of primary amides is 1. The Morgan fingerprint density at radius 2 is 1.91 bits per heavy atom. The van der Waals surface area contributed by atoms with E-state index in [1.54, 1.807) is 6.92 Å². The molecule has 0 rings (SSSR count). The Bertz CT molecular complexity index is 132. The van der Waals surface area contributed by atoms with E-state index in [-0.39, 0.29) is 0 Å². The van der Waals surface area contributed by atoms with E-state index in [2.05, 4.69) is 0 Å². The van der Waals surface area contributed by atoms with Crippen molar-refractivity contribution in [2.24, 2.45) is 17.6 Å². The van der Waals surface area contributed by atoms with Crippen molar-refractivity contribution in [3.05, 3.63) is 0 Å². The maximum atomic E-state index is 10.7. The van der Waals surface area contributed by atoms with Crippen LogP contribution < -0.4 is 5.73 Å². The van der Waals surface area contributed by atoms with E-state index in [0.29, 0.717) is 12.3 Å². The van der Waals surface area contributed by atoms with Gasteiger partial charge in [-0.3, -0.25) is 4.79 Å². The molecule has 0 aromatic heterocycles. The summed E-state index contributed by atoms with van der Waals surface area (Å²) in [6, 6.07) is 0. The number of rotatable bonds is 4. The lowest BCUT2D eigenvalue weighted by atomic mass is 9.92. The summed E-state index contributed by atoms with van der Waals surface area (Å²) in [6.07, 6.45) is 0.0300. The van der Waals surface area contributed by atoms with Crippen LogP contribution in [0.5, 0.6) is 0 Å². The minimum atomic E-state index is -0.630. The van der Waals surface area contributed by atoms with Crippen molar-refractivity contribution < 1.29 is 9.90 Å². The van der Waals surface area contributed by atoms with Crippen LogP contribution in [0.1, 0.15) is 27.2 Å². The van der Waals surface area contributed by atoms with Crippen molar-refractivity contribution in [3.63, 3.8) is 0 Å². The molecule has 1 amide bonds. The molecule has 0 spiro atoms. The fraction of sp³-hybridized carbons (Fsp3) is 0.875. The van der Waals surface area contributed by atoms with E-state index >= 15 is 0 Å². The molecule has 3 heteroatoms. The monoisotopic (exact) mass is 159 g/mol. The smallest absolute Gasteiger partial charge is 0.223 e. The van der Waals surface area contributed by atoms with Crippen LogP contribution in [0.3, 0.4) is 0 Å². The molecule has 0 aliphatic heterocycles. The first kappa shape index (κ1) is 10.4. The first-order chi connectivity index (χ1) is 4.95. The second kappa shape index (κ2) is 4.34. The summed E-state index contributed by atoms with van der Waals surface area (Å²) in [4.78, 5) is 10.7. The summed E-state index contributed by atoms with van der Waals surface area (Å²) < 4.78 is 0. The van der Waals surface area contributed by atoms with Gasteiger partial charge in [-0.2, -0.15) is 0 Å². The van der Waals surface area contributed by atoms with E-state index in [1.807, 2.05) is 13.8 Å². The Balaban J connectivity index is 4.01. The third-order valence-electron chi connectivity index (χ3n) is 1.67. The Kier molecular flexibility index (Phi) is 4.11. The first-order valence-electron chi connectivity index (χ1n) is 3.92. The highest BCUT2D eigenvalue weighted by Gasteiger charge is 2.21. The molecule has 1 unspecified atom stereocenters.